The van der Waals surface area contributed by atoms with E-state index >= 15 is 0 Å². The molecule has 3 aromatic rings. The Morgan fingerprint density at radius 1 is 1.09 bits per heavy atom. The normalized spacial score (nSPS) is 17.5. The van der Waals surface area contributed by atoms with E-state index in [0.717, 1.165) is 17.4 Å². The van der Waals surface area contributed by atoms with Gasteiger partial charge in [-0.15, -0.1) is 10.2 Å². The number of anilines is 1. The number of benzene rings is 1. The average Bonchev–Trinajstić information content (AvgIpc) is 3.35. The third-order valence-corrected chi connectivity index (χ3v) is 5.50. The lowest BCUT2D eigenvalue weighted by atomic mass is 9.82. The Kier molecular flexibility index (Phi) is 5.00. The van der Waals surface area contributed by atoms with Crippen molar-refractivity contribution in [3.05, 3.63) is 48.7 Å². The van der Waals surface area contributed by atoms with Crippen LogP contribution in [0.1, 0.15) is 19.3 Å². The van der Waals surface area contributed by atoms with Crippen LogP contribution in [0.2, 0.25) is 0 Å². The maximum Gasteiger partial charge on any atom is 0.328 e. The number of carbonyl (C=O) groups is 4. The number of rotatable bonds is 4. The minimum absolute atomic E-state index is 0.000534. The number of nitrogens with one attached hydrogen (secondary N) is 2. The first-order valence-electron chi connectivity index (χ1n) is 10.1. The molecule has 0 radical (unpaired) electrons. The number of pyridine rings is 1. The van der Waals surface area contributed by atoms with E-state index in [1.807, 2.05) is 10.6 Å². The van der Waals surface area contributed by atoms with E-state index in [4.69, 9.17) is 9.15 Å². The Morgan fingerprint density at radius 2 is 1.88 bits per heavy atom. The van der Waals surface area contributed by atoms with Crippen molar-refractivity contribution >= 4 is 29.4 Å². The largest absolute Gasteiger partial charge is 0.436 e. The molecule has 0 unspecified atom stereocenters. The molecule has 2 saturated heterocycles. The molecule has 2 aliphatic heterocycles. The van der Waals surface area contributed by atoms with Crippen molar-refractivity contribution in [2.45, 2.75) is 24.8 Å². The van der Waals surface area contributed by atoms with Crippen molar-refractivity contribution in [2.75, 3.05) is 4.90 Å². The maximum atomic E-state index is 14.5. The lowest BCUT2D eigenvalue weighted by molar-refractivity contribution is -0.143. The zero-order valence-electron chi connectivity index (χ0n) is 17.3. The highest BCUT2D eigenvalue weighted by atomic mass is 19.1. The molecule has 0 atom stereocenters. The Labute approximate surface area is 190 Å². The lowest BCUT2D eigenvalue weighted by Gasteiger charge is -2.45. The zero-order valence-corrected chi connectivity index (χ0v) is 17.3. The van der Waals surface area contributed by atoms with Gasteiger partial charge in [-0.05, 0) is 37.1 Å². The third-order valence-electron chi connectivity index (χ3n) is 5.50. The second-order valence-electron chi connectivity index (χ2n) is 7.53. The molecule has 0 saturated carbocycles. The second kappa shape index (κ2) is 8.03. The molecule has 4 heterocycles. The summed E-state index contributed by atoms with van der Waals surface area (Å²) in [6, 6.07) is 5.87. The summed E-state index contributed by atoms with van der Waals surface area (Å²) in [6.45, 7) is 0. The van der Waals surface area contributed by atoms with E-state index < -0.39 is 35.1 Å². The maximum absolute atomic E-state index is 14.5. The van der Waals surface area contributed by atoms with Gasteiger partial charge in [0.05, 0.1) is 11.9 Å². The molecule has 12 nitrogen and oxygen atoms in total. The van der Waals surface area contributed by atoms with Gasteiger partial charge >= 0.3 is 6.03 Å². The van der Waals surface area contributed by atoms with Gasteiger partial charge < -0.3 is 9.15 Å². The number of hydrogen-bond acceptors (Lipinski definition) is 9. The van der Waals surface area contributed by atoms with E-state index in [-0.39, 0.29) is 42.5 Å². The molecule has 0 aliphatic carbocycles. The van der Waals surface area contributed by atoms with Crippen LogP contribution >= 0.6 is 0 Å². The minimum Gasteiger partial charge on any atom is -0.436 e. The predicted octanol–water partition coefficient (Wildman–Crippen LogP) is 1.68. The number of carbonyl (C=O) groups excluding carboxylic acids is 4. The van der Waals surface area contributed by atoms with Gasteiger partial charge in [-0.2, -0.15) is 0 Å². The predicted molar refractivity (Wildman–Crippen MR) is 110 cm³/mol. The van der Waals surface area contributed by atoms with Gasteiger partial charge in [-0.25, -0.2) is 14.2 Å². The van der Waals surface area contributed by atoms with Gasteiger partial charge in [0.2, 0.25) is 29.6 Å². The number of imide groups is 2. The molecule has 13 heteroatoms. The molecule has 5 amide bonds. The molecule has 34 heavy (non-hydrogen) atoms. The van der Waals surface area contributed by atoms with Crippen LogP contribution in [0.5, 0.6) is 11.6 Å². The highest BCUT2D eigenvalue weighted by Gasteiger charge is 2.58. The summed E-state index contributed by atoms with van der Waals surface area (Å²) in [6.07, 6.45) is 2.77. The first-order chi connectivity index (χ1) is 16.4. The Morgan fingerprint density at radius 3 is 2.53 bits per heavy atom. The number of ether oxygens (including phenoxy) is 1. The topological polar surface area (TPSA) is 157 Å². The Hall–Kier alpha value is -4.68. The summed E-state index contributed by atoms with van der Waals surface area (Å²) >= 11 is 0. The minimum atomic E-state index is -1.91. The fraction of sp³-hybridized carbons (Fsp3) is 0.190. The number of urea groups is 1. The summed E-state index contributed by atoms with van der Waals surface area (Å²) in [4.78, 5) is 54.8. The van der Waals surface area contributed by atoms with Crippen LogP contribution in [-0.2, 0) is 14.4 Å². The van der Waals surface area contributed by atoms with E-state index in [1.165, 1.54) is 30.5 Å². The average molecular weight is 466 g/mol. The Bertz CT molecular complexity index is 1290. The van der Waals surface area contributed by atoms with Crippen molar-refractivity contribution in [3.63, 3.8) is 0 Å². The fourth-order valence-electron chi connectivity index (χ4n) is 3.97. The molecule has 1 spiro atoms. The standard InChI is InChI=1S/C21H15FN6O6/c22-13-8-11(17-27-24-10-33-17)3-5-14(13)34-15-6-4-12(9-23-15)28-16(29)2-1-7-21(28)18(30)25-20(32)26-19(21)31/h3-6,8-10H,1-2,7H2,(H2,25,26,30,31,32). The lowest BCUT2D eigenvalue weighted by Crippen LogP contribution is -2.75. The number of piperidine rings is 1. The third kappa shape index (κ3) is 3.43. The van der Waals surface area contributed by atoms with Crippen LogP contribution in [0, 0.1) is 5.82 Å². The molecule has 2 aromatic heterocycles. The molecule has 1 aromatic carbocycles. The second-order valence-corrected chi connectivity index (χ2v) is 7.53. The van der Waals surface area contributed by atoms with Crippen LogP contribution < -0.4 is 20.3 Å². The highest BCUT2D eigenvalue weighted by Crippen LogP contribution is 2.36. The van der Waals surface area contributed by atoms with E-state index in [2.05, 4.69) is 15.2 Å². The van der Waals surface area contributed by atoms with Crippen LogP contribution in [0.4, 0.5) is 14.9 Å². The smallest absolute Gasteiger partial charge is 0.328 e. The molecule has 2 fully saturated rings. The van der Waals surface area contributed by atoms with Crippen molar-refractivity contribution in [3.8, 4) is 23.1 Å². The van der Waals surface area contributed by atoms with Crippen LogP contribution in [0.3, 0.4) is 0 Å². The molecule has 2 aliphatic rings. The van der Waals surface area contributed by atoms with Gasteiger partial charge in [-0.1, -0.05) is 0 Å². The molecular formula is C21H15FN6O6. The summed E-state index contributed by atoms with van der Waals surface area (Å²) < 4.78 is 25.0. The van der Waals surface area contributed by atoms with Crippen molar-refractivity contribution in [2.24, 2.45) is 0 Å². The monoisotopic (exact) mass is 466 g/mol. The molecular weight excluding hydrogens is 451 g/mol. The van der Waals surface area contributed by atoms with Gasteiger partial charge in [0.15, 0.2) is 11.6 Å². The molecule has 0 bridgehead atoms. The number of barbiturate groups is 1. The molecule has 172 valence electrons. The number of halogens is 1. The fourth-order valence-corrected chi connectivity index (χ4v) is 3.97. The first-order valence-corrected chi connectivity index (χ1v) is 10.1. The van der Waals surface area contributed by atoms with Crippen LogP contribution in [0.15, 0.2) is 47.3 Å². The number of nitrogens with zero attached hydrogens (tertiary/aromatic N) is 4. The van der Waals surface area contributed by atoms with Crippen molar-refractivity contribution in [1.82, 2.24) is 25.8 Å². The SMILES string of the molecule is O=C1NC(=O)C2(CCCC(=O)N2c2ccc(Oc3ccc(-c4nnco4)cc3F)nc2)C(=O)N1. The molecule has 5 rings (SSSR count). The van der Waals surface area contributed by atoms with Gasteiger partial charge in [0.25, 0.3) is 11.8 Å². The van der Waals surface area contributed by atoms with Gasteiger partial charge in [0, 0.05) is 18.1 Å². The van der Waals surface area contributed by atoms with Crippen molar-refractivity contribution in [1.29, 1.82) is 0 Å². The van der Waals surface area contributed by atoms with E-state index in [9.17, 15) is 23.6 Å². The summed E-state index contributed by atoms with van der Waals surface area (Å²) in [5.74, 6) is -2.95. The van der Waals surface area contributed by atoms with Crippen LogP contribution in [-0.4, -0.2) is 44.5 Å². The van der Waals surface area contributed by atoms with Crippen molar-refractivity contribution < 1.29 is 32.7 Å². The summed E-state index contributed by atoms with van der Waals surface area (Å²) in [7, 11) is 0. The Balaban J connectivity index is 1.41. The highest BCUT2D eigenvalue weighted by molar-refractivity contribution is 6.27. The quantitative estimate of drug-likeness (QED) is 0.546. The van der Waals surface area contributed by atoms with Gasteiger partial charge in [-0.3, -0.25) is 29.9 Å². The summed E-state index contributed by atoms with van der Waals surface area (Å²) in [5, 5.41) is 11.3. The molecule has 2 N–H and O–H groups in total. The number of amides is 5. The van der Waals surface area contributed by atoms with Crippen LogP contribution in [0.25, 0.3) is 11.5 Å². The van der Waals surface area contributed by atoms with E-state index in [0.29, 0.717) is 5.56 Å². The zero-order chi connectivity index (χ0) is 23.9. The number of aromatic nitrogens is 3. The van der Waals surface area contributed by atoms with Gasteiger partial charge in [0.1, 0.15) is 0 Å². The number of hydrogen-bond donors (Lipinski definition) is 2. The summed E-state index contributed by atoms with van der Waals surface area (Å²) in [5.41, 5.74) is -1.41. The van der Waals surface area contributed by atoms with E-state index in [1.54, 1.807) is 0 Å². The first kappa shape index (κ1) is 21.2.